The van der Waals surface area contributed by atoms with Crippen LogP contribution < -0.4 is 0 Å². The lowest BCUT2D eigenvalue weighted by molar-refractivity contribution is 0.568. The molecule has 0 aliphatic carbocycles. The first kappa shape index (κ1) is 43.5. The van der Waals surface area contributed by atoms with E-state index in [-0.39, 0.29) is 10.8 Å². The fraction of sp³-hybridized carbons (Fsp3) is 0.480. The second-order valence-corrected chi connectivity index (χ2v) is 17.7. The molecule has 5 heteroatoms. The average molecular weight is 798 g/mol. The van der Waals surface area contributed by atoms with Crippen molar-refractivity contribution in [3.05, 3.63) is 116 Å². The molecule has 0 fully saturated rings. The molecule has 0 N–H and O–H groups in total. The van der Waals surface area contributed by atoms with Crippen molar-refractivity contribution in [2.75, 3.05) is 0 Å². The van der Waals surface area contributed by atoms with Gasteiger partial charge in [0.05, 0.1) is 10.0 Å². The Bertz CT molecular complexity index is 1980. The lowest BCUT2D eigenvalue weighted by Gasteiger charge is -2.25. The summed E-state index contributed by atoms with van der Waals surface area (Å²) in [5.41, 5.74) is 8.97. The van der Waals surface area contributed by atoms with Crippen LogP contribution in [0.5, 0.6) is 0 Å². The molecule has 4 aromatic rings. The van der Waals surface area contributed by atoms with Crippen LogP contribution in [-0.2, 0) is 23.7 Å². The van der Waals surface area contributed by atoms with E-state index in [0.29, 0.717) is 11.6 Å². The number of aromatic nitrogens is 4. The first-order valence-corrected chi connectivity index (χ1v) is 21.3. The van der Waals surface area contributed by atoms with Crippen LogP contribution in [-0.4, -0.2) is 19.9 Å². The molecule has 0 saturated heterocycles. The summed E-state index contributed by atoms with van der Waals surface area (Å²) in [5.74, 6) is 21.2. The largest absolute Gasteiger partial charge is 0.228 e. The van der Waals surface area contributed by atoms with Crippen LogP contribution in [0.1, 0.15) is 189 Å². The predicted octanol–water partition coefficient (Wildman–Crippen LogP) is 12.6. The molecule has 0 amide bonds. The van der Waals surface area contributed by atoms with E-state index in [4.69, 9.17) is 0 Å². The van der Waals surface area contributed by atoms with Gasteiger partial charge in [0.1, 0.15) is 0 Å². The zero-order valence-corrected chi connectivity index (χ0v) is 36.3. The van der Waals surface area contributed by atoms with E-state index in [9.17, 15) is 0 Å². The monoisotopic (exact) mass is 796 g/mol. The Morgan fingerprint density at radius 2 is 0.855 bits per heavy atom. The highest BCUT2D eigenvalue weighted by Crippen LogP contribution is 2.30. The minimum Gasteiger partial charge on any atom is -0.228 e. The molecule has 4 nitrogen and oxygen atoms in total. The molecule has 288 valence electrons. The second kappa shape index (κ2) is 21.7. The zero-order valence-electron chi connectivity index (χ0n) is 34.8. The van der Waals surface area contributed by atoms with Gasteiger partial charge in [0.25, 0.3) is 0 Å². The number of benzene rings is 2. The molecule has 0 saturated carbocycles. The van der Waals surface area contributed by atoms with Gasteiger partial charge in [-0.3, -0.25) is 0 Å². The van der Waals surface area contributed by atoms with Gasteiger partial charge in [-0.05, 0) is 111 Å². The Morgan fingerprint density at radius 3 is 1.33 bits per heavy atom. The molecule has 2 aromatic heterocycles. The third-order valence-corrected chi connectivity index (χ3v) is 10.2. The van der Waals surface area contributed by atoms with E-state index < -0.39 is 0 Å². The summed E-state index contributed by atoms with van der Waals surface area (Å²) in [6.07, 6.45) is 23.9. The average Bonchev–Trinajstić information content (AvgIpc) is 3.16. The van der Waals surface area contributed by atoms with Crippen LogP contribution in [0.25, 0.3) is 0 Å². The van der Waals surface area contributed by atoms with Crippen molar-refractivity contribution in [3.8, 4) is 35.5 Å². The molecule has 2 aromatic carbocycles. The van der Waals surface area contributed by atoms with Crippen molar-refractivity contribution in [1.82, 2.24) is 19.9 Å². The van der Waals surface area contributed by atoms with Gasteiger partial charge in [0.15, 0.2) is 0 Å². The summed E-state index contributed by atoms with van der Waals surface area (Å²) in [7, 11) is 0. The topological polar surface area (TPSA) is 51.6 Å². The SMILES string of the molecule is CCCCCCCCc1cc(C#Cc2ncc(Br)cn2)c(CCCCCCCC)cc1C#Cc1cnc(C#Cc2cc(C(C)(C)C)cc(C(C)(C)C)c2)nc1. The lowest BCUT2D eigenvalue weighted by Crippen LogP contribution is -2.16. The van der Waals surface area contributed by atoms with Crippen molar-refractivity contribution in [2.24, 2.45) is 0 Å². The maximum atomic E-state index is 4.60. The molecule has 0 unspecified atom stereocenters. The zero-order chi connectivity index (χ0) is 39.7. The molecule has 4 rings (SSSR count). The van der Waals surface area contributed by atoms with Crippen LogP contribution >= 0.6 is 15.9 Å². The van der Waals surface area contributed by atoms with Crippen LogP contribution in [0.4, 0.5) is 0 Å². The van der Waals surface area contributed by atoms with E-state index in [1.54, 1.807) is 24.8 Å². The van der Waals surface area contributed by atoms with Crippen molar-refractivity contribution in [3.63, 3.8) is 0 Å². The molecule has 0 spiro atoms. The molecular weight excluding hydrogens is 736 g/mol. The highest BCUT2D eigenvalue weighted by Gasteiger charge is 2.20. The number of aryl methyl sites for hydroxylation is 2. The van der Waals surface area contributed by atoms with Gasteiger partial charge in [-0.15, -0.1) is 0 Å². The van der Waals surface area contributed by atoms with Gasteiger partial charge in [-0.25, -0.2) is 19.9 Å². The number of rotatable bonds is 14. The third kappa shape index (κ3) is 15.1. The van der Waals surface area contributed by atoms with E-state index in [1.807, 2.05) is 0 Å². The maximum absolute atomic E-state index is 4.60. The fourth-order valence-electron chi connectivity index (χ4n) is 6.32. The second-order valence-electron chi connectivity index (χ2n) is 16.8. The van der Waals surface area contributed by atoms with Gasteiger partial charge in [0, 0.05) is 41.5 Å². The Balaban J connectivity index is 1.64. The van der Waals surface area contributed by atoms with Crippen LogP contribution in [0.3, 0.4) is 0 Å². The van der Waals surface area contributed by atoms with Gasteiger partial charge in [-0.1, -0.05) is 149 Å². The summed E-state index contributed by atoms with van der Waals surface area (Å²) in [6.45, 7) is 18.0. The van der Waals surface area contributed by atoms with E-state index in [1.165, 1.54) is 86.5 Å². The minimum atomic E-state index is 0.0285. The minimum absolute atomic E-state index is 0.0285. The summed E-state index contributed by atoms with van der Waals surface area (Å²) >= 11 is 3.43. The lowest BCUT2D eigenvalue weighted by atomic mass is 9.79. The smallest absolute Gasteiger partial charge is 0.205 e. The number of hydrogen-bond acceptors (Lipinski definition) is 4. The number of unbranched alkanes of at least 4 members (excludes halogenated alkanes) is 10. The first-order chi connectivity index (χ1) is 26.4. The van der Waals surface area contributed by atoms with Crippen molar-refractivity contribution < 1.29 is 0 Å². The van der Waals surface area contributed by atoms with Crippen molar-refractivity contribution >= 4 is 15.9 Å². The van der Waals surface area contributed by atoms with E-state index >= 15 is 0 Å². The summed E-state index contributed by atoms with van der Waals surface area (Å²) in [6, 6.07) is 11.3. The molecular formula is C50H61BrN4. The maximum Gasteiger partial charge on any atom is 0.205 e. The molecule has 2 heterocycles. The summed E-state index contributed by atoms with van der Waals surface area (Å²) in [5, 5.41) is 0. The molecule has 0 radical (unpaired) electrons. The highest BCUT2D eigenvalue weighted by molar-refractivity contribution is 9.10. The Kier molecular flexibility index (Phi) is 17.2. The molecule has 0 atom stereocenters. The van der Waals surface area contributed by atoms with Gasteiger partial charge >= 0.3 is 0 Å². The number of nitrogens with zero attached hydrogens (tertiary/aromatic N) is 4. The molecule has 55 heavy (non-hydrogen) atoms. The highest BCUT2D eigenvalue weighted by atomic mass is 79.9. The number of hydrogen-bond donors (Lipinski definition) is 0. The van der Waals surface area contributed by atoms with Gasteiger partial charge < -0.3 is 0 Å². The Hall–Kier alpha value is -4.24. The molecule has 0 aliphatic heterocycles. The Morgan fingerprint density at radius 1 is 0.455 bits per heavy atom. The van der Waals surface area contributed by atoms with E-state index in [0.717, 1.165) is 52.4 Å². The molecule has 0 bridgehead atoms. The summed E-state index contributed by atoms with van der Waals surface area (Å²) < 4.78 is 0.843. The standard InChI is InChI=1S/C50H61BrN4/c1-9-11-13-15-17-19-21-40-32-43(26-28-48-54-36-46(51)37-55-48)41(22-20-18-16-14-12-10-2)31-42(40)25-23-39-34-52-47(53-35-39)27-24-38-29-44(49(3,4)5)33-45(30-38)50(6,7)8/h29-37H,9-22H2,1-8H3. The van der Waals surface area contributed by atoms with E-state index in [2.05, 4.69) is 157 Å². The van der Waals surface area contributed by atoms with Crippen LogP contribution in [0.15, 0.2) is 59.6 Å². The number of halogens is 1. The van der Waals surface area contributed by atoms with Crippen LogP contribution in [0, 0.1) is 35.5 Å². The van der Waals surface area contributed by atoms with Crippen molar-refractivity contribution in [2.45, 2.75) is 156 Å². The van der Waals surface area contributed by atoms with Crippen LogP contribution in [0.2, 0.25) is 0 Å². The predicted molar refractivity (Wildman–Crippen MR) is 234 cm³/mol. The molecule has 0 aliphatic rings. The fourth-order valence-corrected chi connectivity index (χ4v) is 6.52. The summed E-state index contributed by atoms with van der Waals surface area (Å²) in [4.78, 5) is 18.0. The van der Waals surface area contributed by atoms with Crippen molar-refractivity contribution in [1.29, 1.82) is 0 Å². The Labute approximate surface area is 341 Å². The quantitative estimate of drug-likeness (QED) is 0.0942. The third-order valence-electron chi connectivity index (χ3n) is 9.83. The first-order valence-electron chi connectivity index (χ1n) is 20.5. The van der Waals surface area contributed by atoms with Gasteiger partial charge in [-0.2, -0.15) is 0 Å². The normalized spacial score (nSPS) is 11.2. The van der Waals surface area contributed by atoms with Gasteiger partial charge in [0.2, 0.25) is 11.6 Å².